The number of hydrogen-bond acceptors (Lipinski definition) is 4. The zero-order chi connectivity index (χ0) is 13.9. The smallest absolute Gasteiger partial charge is 0.334 e. The molecule has 1 heterocycles. The fourth-order valence-electron chi connectivity index (χ4n) is 1.49. The first-order valence-electron chi connectivity index (χ1n) is 5.82. The van der Waals surface area contributed by atoms with Crippen LogP contribution in [0.15, 0.2) is 0 Å². The first-order chi connectivity index (χ1) is 8.38. The van der Waals surface area contributed by atoms with Crippen LogP contribution in [-0.4, -0.2) is 53.2 Å². The Bertz CT molecular complexity index is 392. The fourth-order valence-corrected chi connectivity index (χ4v) is 1.49. The maximum atomic E-state index is 11.7. The molecule has 0 atom stereocenters. The fraction of sp³-hybridized carbons (Fsp3) is 0.636. The van der Waals surface area contributed by atoms with Gasteiger partial charge in [0.1, 0.15) is 6.54 Å². The van der Waals surface area contributed by atoms with E-state index in [1.54, 1.807) is 6.92 Å². The predicted octanol–water partition coefficient (Wildman–Crippen LogP) is -0.431. The van der Waals surface area contributed by atoms with E-state index in [0.29, 0.717) is 11.4 Å². The van der Waals surface area contributed by atoms with Gasteiger partial charge in [-0.05, 0) is 12.8 Å². The number of imide groups is 2. The molecule has 1 aliphatic rings. The third-order valence-corrected chi connectivity index (χ3v) is 2.46. The molecule has 0 aliphatic carbocycles. The van der Waals surface area contributed by atoms with Gasteiger partial charge in [0, 0.05) is 13.1 Å². The van der Waals surface area contributed by atoms with Crippen molar-refractivity contribution in [1.82, 2.24) is 15.1 Å². The van der Waals surface area contributed by atoms with E-state index in [9.17, 15) is 19.2 Å². The molecule has 1 fully saturated rings. The molecule has 0 radical (unpaired) electrons. The maximum absolute atomic E-state index is 11.7. The van der Waals surface area contributed by atoms with Gasteiger partial charge in [-0.3, -0.25) is 19.3 Å². The van der Waals surface area contributed by atoms with Gasteiger partial charge in [0.25, 0.3) is 0 Å². The van der Waals surface area contributed by atoms with Gasteiger partial charge in [-0.2, -0.15) is 0 Å². The first kappa shape index (κ1) is 14.1. The van der Waals surface area contributed by atoms with Crippen molar-refractivity contribution in [3.8, 4) is 0 Å². The van der Waals surface area contributed by atoms with E-state index in [0.717, 1.165) is 4.90 Å². The molecule has 1 aliphatic heterocycles. The number of nitrogens with one attached hydrogen (secondary N) is 1. The number of hydrogen-bond donors (Lipinski definition) is 1. The number of nitrogens with zero attached hydrogens (tertiary/aromatic N) is 2. The molecule has 7 heteroatoms. The Labute approximate surface area is 105 Å². The topological polar surface area (TPSA) is 86.8 Å². The van der Waals surface area contributed by atoms with Gasteiger partial charge < -0.3 is 5.32 Å². The van der Waals surface area contributed by atoms with E-state index in [4.69, 9.17) is 0 Å². The Hall–Kier alpha value is -1.92. The Kier molecular flexibility index (Phi) is 4.41. The monoisotopic (exact) mass is 255 g/mol. The van der Waals surface area contributed by atoms with Gasteiger partial charge in [-0.25, -0.2) is 9.69 Å². The normalized spacial score (nSPS) is 15.9. The largest absolute Gasteiger partial charge is 0.354 e. The standard InChI is InChI=1S/C11H17N3O4/c1-4-13-9(16)10(17)14(11(13)18)6-8(15)12-5-7(2)3/h7H,4-6H2,1-3H3,(H,12,15). The van der Waals surface area contributed by atoms with Crippen LogP contribution in [-0.2, 0) is 14.4 Å². The molecular formula is C11H17N3O4. The summed E-state index contributed by atoms with van der Waals surface area (Å²) in [5, 5.41) is 2.58. The molecular weight excluding hydrogens is 238 g/mol. The van der Waals surface area contributed by atoms with E-state index in [1.807, 2.05) is 13.8 Å². The number of carbonyl (C=O) groups is 4. The average Bonchev–Trinajstić information content (AvgIpc) is 2.51. The van der Waals surface area contributed by atoms with E-state index in [-0.39, 0.29) is 12.5 Å². The Morgan fingerprint density at radius 3 is 2.17 bits per heavy atom. The highest BCUT2D eigenvalue weighted by Gasteiger charge is 2.44. The van der Waals surface area contributed by atoms with Crippen LogP contribution in [0.5, 0.6) is 0 Å². The van der Waals surface area contributed by atoms with Crippen LogP contribution in [0, 0.1) is 5.92 Å². The van der Waals surface area contributed by atoms with Gasteiger partial charge >= 0.3 is 17.8 Å². The Morgan fingerprint density at radius 1 is 1.17 bits per heavy atom. The highest BCUT2D eigenvalue weighted by Crippen LogP contribution is 2.10. The zero-order valence-electron chi connectivity index (χ0n) is 10.7. The first-order valence-corrected chi connectivity index (χ1v) is 5.82. The number of likely N-dealkylation sites (N-methyl/N-ethyl adjacent to an activating group) is 1. The molecule has 0 unspecified atom stereocenters. The second-order valence-electron chi connectivity index (χ2n) is 4.42. The highest BCUT2D eigenvalue weighted by atomic mass is 16.2. The van der Waals surface area contributed by atoms with E-state index >= 15 is 0 Å². The van der Waals surface area contributed by atoms with E-state index < -0.39 is 30.3 Å². The summed E-state index contributed by atoms with van der Waals surface area (Å²) in [6, 6.07) is -0.729. The summed E-state index contributed by atoms with van der Waals surface area (Å²) < 4.78 is 0. The lowest BCUT2D eigenvalue weighted by molar-refractivity contribution is -0.143. The third-order valence-electron chi connectivity index (χ3n) is 2.46. The Morgan fingerprint density at radius 2 is 1.72 bits per heavy atom. The van der Waals surface area contributed by atoms with E-state index in [2.05, 4.69) is 5.32 Å². The molecule has 0 aromatic rings. The zero-order valence-corrected chi connectivity index (χ0v) is 10.7. The summed E-state index contributed by atoms with van der Waals surface area (Å²) in [5.41, 5.74) is 0. The third kappa shape index (κ3) is 2.85. The second-order valence-corrected chi connectivity index (χ2v) is 4.42. The van der Waals surface area contributed by atoms with Gasteiger partial charge in [0.05, 0.1) is 0 Å². The van der Waals surface area contributed by atoms with Crippen molar-refractivity contribution in [1.29, 1.82) is 0 Å². The van der Waals surface area contributed by atoms with Crippen molar-refractivity contribution in [2.24, 2.45) is 5.92 Å². The summed E-state index contributed by atoms with van der Waals surface area (Å²) in [6.45, 7) is 5.61. The molecule has 0 bridgehead atoms. The molecule has 1 N–H and O–H groups in total. The van der Waals surface area contributed by atoms with Crippen LogP contribution in [0.4, 0.5) is 4.79 Å². The lowest BCUT2D eigenvalue weighted by Crippen LogP contribution is -2.42. The van der Waals surface area contributed by atoms with Crippen LogP contribution in [0.1, 0.15) is 20.8 Å². The van der Waals surface area contributed by atoms with Gasteiger partial charge in [0.2, 0.25) is 5.91 Å². The average molecular weight is 255 g/mol. The molecule has 1 rings (SSSR count). The summed E-state index contributed by atoms with van der Waals surface area (Å²) >= 11 is 0. The summed E-state index contributed by atoms with van der Waals surface area (Å²) in [5.74, 6) is -2.00. The Balaban J connectivity index is 2.62. The lowest BCUT2D eigenvalue weighted by atomic mass is 10.2. The minimum atomic E-state index is -0.943. The van der Waals surface area contributed by atoms with Crippen molar-refractivity contribution in [2.45, 2.75) is 20.8 Å². The molecule has 100 valence electrons. The summed E-state index contributed by atoms with van der Waals surface area (Å²) in [4.78, 5) is 47.5. The SMILES string of the molecule is CCN1C(=O)C(=O)N(CC(=O)NCC(C)C)C1=O. The highest BCUT2D eigenvalue weighted by molar-refractivity contribution is 6.45. The van der Waals surface area contributed by atoms with Gasteiger partial charge in [-0.15, -0.1) is 0 Å². The van der Waals surface area contributed by atoms with Gasteiger partial charge in [0.15, 0.2) is 0 Å². The van der Waals surface area contributed by atoms with Crippen molar-refractivity contribution < 1.29 is 19.2 Å². The molecule has 1 saturated heterocycles. The number of rotatable bonds is 5. The predicted molar refractivity (Wildman–Crippen MR) is 62.3 cm³/mol. The number of urea groups is 1. The molecule has 0 saturated carbocycles. The maximum Gasteiger partial charge on any atom is 0.334 e. The number of amides is 5. The van der Waals surface area contributed by atoms with Crippen LogP contribution >= 0.6 is 0 Å². The quantitative estimate of drug-likeness (QED) is 0.533. The van der Waals surface area contributed by atoms with Crippen molar-refractivity contribution >= 4 is 23.8 Å². The van der Waals surface area contributed by atoms with Crippen molar-refractivity contribution in [3.63, 3.8) is 0 Å². The van der Waals surface area contributed by atoms with E-state index in [1.165, 1.54) is 0 Å². The van der Waals surface area contributed by atoms with Gasteiger partial charge in [-0.1, -0.05) is 13.8 Å². The molecule has 5 amide bonds. The minimum Gasteiger partial charge on any atom is -0.354 e. The van der Waals surface area contributed by atoms with Crippen LogP contribution < -0.4 is 5.32 Å². The summed E-state index contributed by atoms with van der Waals surface area (Å²) in [7, 11) is 0. The molecule has 18 heavy (non-hydrogen) atoms. The molecule has 7 nitrogen and oxygen atoms in total. The van der Waals surface area contributed by atoms with Crippen LogP contribution in [0.25, 0.3) is 0 Å². The summed E-state index contributed by atoms with van der Waals surface area (Å²) in [6.07, 6.45) is 0. The molecule has 0 aromatic heterocycles. The number of carbonyl (C=O) groups excluding carboxylic acids is 4. The second kappa shape index (κ2) is 5.61. The van der Waals surface area contributed by atoms with Crippen molar-refractivity contribution in [2.75, 3.05) is 19.6 Å². The molecule has 0 spiro atoms. The molecule has 0 aromatic carbocycles. The van der Waals surface area contributed by atoms with Crippen LogP contribution in [0.3, 0.4) is 0 Å². The van der Waals surface area contributed by atoms with Crippen molar-refractivity contribution in [3.05, 3.63) is 0 Å². The minimum absolute atomic E-state index is 0.119. The lowest BCUT2D eigenvalue weighted by Gasteiger charge is -2.14. The van der Waals surface area contributed by atoms with Crippen LogP contribution in [0.2, 0.25) is 0 Å².